The Labute approximate surface area is 196 Å². The molecule has 2 aromatic carbocycles. The van der Waals surface area contributed by atoms with Gasteiger partial charge in [0.15, 0.2) is 4.80 Å². The molecule has 9 heteroatoms. The average molecular weight is 488 g/mol. The summed E-state index contributed by atoms with van der Waals surface area (Å²) in [4.78, 5) is 17.5. The van der Waals surface area contributed by atoms with Gasteiger partial charge < -0.3 is 4.57 Å². The number of fused-ring (bicyclic) bond motifs is 1. The standard InChI is InChI=1S/C24H26FN3O3S2/c1-4-12-28-22-20(25)6-5-7-21(22)32-24(28)26-23(29)18-8-10-19(11-9-18)33(30,31)27-14-16(2)13-17(3)15-27/h4-11,16-17H,1,12-15H2,2-3H3. The van der Waals surface area contributed by atoms with Gasteiger partial charge in [0.25, 0.3) is 5.91 Å². The first-order valence-corrected chi connectivity index (χ1v) is 13.0. The average Bonchev–Trinajstić information content (AvgIpc) is 3.11. The molecule has 0 saturated carbocycles. The van der Waals surface area contributed by atoms with Crippen molar-refractivity contribution in [1.29, 1.82) is 0 Å². The van der Waals surface area contributed by atoms with E-state index in [1.807, 2.05) is 0 Å². The minimum Gasteiger partial charge on any atom is -0.310 e. The van der Waals surface area contributed by atoms with Crippen LogP contribution in [0.15, 0.2) is 65.0 Å². The molecule has 2 atom stereocenters. The third-order valence-electron chi connectivity index (χ3n) is 5.74. The lowest BCUT2D eigenvalue weighted by Gasteiger charge is -2.34. The molecule has 6 nitrogen and oxygen atoms in total. The predicted octanol–water partition coefficient (Wildman–Crippen LogP) is 4.44. The number of thiazole rings is 1. The van der Waals surface area contributed by atoms with Crippen LogP contribution in [-0.4, -0.2) is 36.3 Å². The van der Waals surface area contributed by atoms with Crippen LogP contribution in [0.3, 0.4) is 0 Å². The zero-order chi connectivity index (χ0) is 23.8. The number of allylic oxidation sites excluding steroid dienone is 1. The lowest BCUT2D eigenvalue weighted by Crippen LogP contribution is -2.42. The highest BCUT2D eigenvalue weighted by Gasteiger charge is 2.31. The zero-order valence-corrected chi connectivity index (χ0v) is 20.2. The van der Waals surface area contributed by atoms with Crippen LogP contribution >= 0.6 is 11.3 Å². The van der Waals surface area contributed by atoms with Crippen molar-refractivity contribution in [3.63, 3.8) is 0 Å². The number of carbonyl (C=O) groups is 1. The summed E-state index contributed by atoms with van der Waals surface area (Å²) in [5.74, 6) is -0.312. The Kier molecular flexibility index (Phi) is 6.65. The number of piperidine rings is 1. The molecule has 1 aliphatic rings. The molecule has 33 heavy (non-hydrogen) atoms. The Morgan fingerprint density at radius 3 is 2.48 bits per heavy atom. The minimum absolute atomic E-state index is 0.158. The van der Waals surface area contributed by atoms with Crippen LogP contribution < -0.4 is 4.80 Å². The summed E-state index contributed by atoms with van der Waals surface area (Å²) in [6.07, 6.45) is 2.62. The Morgan fingerprint density at radius 2 is 1.85 bits per heavy atom. The van der Waals surface area contributed by atoms with E-state index in [-0.39, 0.29) is 10.5 Å². The summed E-state index contributed by atoms with van der Waals surface area (Å²) in [6.45, 7) is 9.11. The largest absolute Gasteiger partial charge is 0.310 e. The monoisotopic (exact) mass is 487 g/mol. The van der Waals surface area contributed by atoms with Crippen LogP contribution in [0.5, 0.6) is 0 Å². The number of sulfonamides is 1. The van der Waals surface area contributed by atoms with Gasteiger partial charge >= 0.3 is 0 Å². The zero-order valence-electron chi connectivity index (χ0n) is 18.6. The highest BCUT2D eigenvalue weighted by atomic mass is 32.2. The quantitative estimate of drug-likeness (QED) is 0.500. The molecular formula is C24H26FN3O3S2. The van der Waals surface area contributed by atoms with Crippen molar-refractivity contribution in [3.8, 4) is 0 Å². The van der Waals surface area contributed by atoms with Crippen LogP contribution in [0.25, 0.3) is 10.2 Å². The van der Waals surface area contributed by atoms with E-state index >= 15 is 0 Å². The van der Waals surface area contributed by atoms with Gasteiger partial charge in [-0.25, -0.2) is 12.8 Å². The first-order chi connectivity index (χ1) is 15.7. The fraction of sp³-hybridized carbons (Fsp3) is 0.333. The third kappa shape index (κ3) is 4.71. The molecule has 1 aromatic heterocycles. The van der Waals surface area contributed by atoms with Crippen molar-refractivity contribution in [2.24, 2.45) is 16.8 Å². The summed E-state index contributed by atoms with van der Waals surface area (Å²) in [7, 11) is -3.63. The Hall–Kier alpha value is -2.62. The van der Waals surface area contributed by atoms with Crippen LogP contribution in [0.1, 0.15) is 30.6 Å². The van der Waals surface area contributed by atoms with Crippen molar-refractivity contribution in [2.45, 2.75) is 31.7 Å². The lowest BCUT2D eigenvalue weighted by atomic mass is 9.94. The van der Waals surface area contributed by atoms with Gasteiger partial charge in [0.2, 0.25) is 10.0 Å². The summed E-state index contributed by atoms with van der Waals surface area (Å²) in [5.41, 5.74) is 0.637. The SMILES string of the molecule is C=CCn1c(=NC(=O)c2ccc(S(=O)(=O)N3CC(C)CC(C)C3)cc2)sc2cccc(F)c21. The Bertz CT molecular complexity index is 1360. The topological polar surface area (TPSA) is 71.7 Å². The third-order valence-corrected chi connectivity index (χ3v) is 8.62. The van der Waals surface area contributed by atoms with E-state index < -0.39 is 21.7 Å². The van der Waals surface area contributed by atoms with E-state index in [1.54, 1.807) is 22.8 Å². The van der Waals surface area contributed by atoms with E-state index in [1.165, 1.54) is 46.0 Å². The van der Waals surface area contributed by atoms with E-state index in [2.05, 4.69) is 25.4 Å². The van der Waals surface area contributed by atoms with E-state index in [9.17, 15) is 17.6 Å². The summed E-state index contributed by atoms with van der Waals surface area (Å²) >= 11 is 1.21. The predicted molar refractivity (Wildman–Crippen MR) is 128 cm³/mol. The van der Waals surface area contributed by atoms with Crippen molar-refractivity contribution < 1.29 is 17.6 Å². The normalized spacial score (nSPS) is 20.3. The second kappa shape index (κ2) is 9.32. The minimum atomic E-state index is -3.63. The Balaban J connectivity index is 1.65. The molecule has 4 rings (SSSR count). The van der Waals surface area contributed by atoms with Crippen LogP contribution in [0.4, 0.5) is 4.39 Å². The molecule has 2 unspecified atom stereocenters. The second-order valence-corrected chi connectivity index (χ2v) is 11.5. The van der Waals surface area contributed by atoms with Gasteiger partial charge in [0.05, 0.1) is 15.1 Å². The van der Waals surface area contributed by atoms with Crippen LogP contribution in [-0.2, 0) is 16.6 Å². The van der Waals surface area contributed by atoms with Crippen LogP contribution in [0, 0.1) is 17.7 Å². The molecule has 3 aromatic rings. The number of carbonyl (C=O) groups excluding carboxylic acids is 1. The molecule has 1 fully saturated rings. The maximum absolute atomic E-state index is 14.4. The lowest BCUT2D eigenvalue weighted by molar-refractivity contribution is 0.0997. The molecule has 0 radical (unpaired) electrons. The first kappa shape index (κ1) is 23.5. The maximum Gasteiger partial charge on any atom is 0.279 e. The molecule has 0 N–H and O–H groups in total. The number of nitrogens with zero attached hydrogens (tertiary/aromatic N) is 3. The number of hydrogen-bond donors (Lipinski definition) is 0. The number of benzene rings is 2. The Morgan fingerprint density at radius 1 is 1.18 bits per heavy atom. The number of halogens is 1. The molecule has 0 bridgehead atoms. The molecule has 2 heterocycles. The van der Waals surface area contributed by atoms with E-state index in [0.717, 1.165) is 6.42 Å². The van der Waals surface area contributed by atoms with Gasteiger partial charge in [0, 0.05) is 25.2 Å². The maximum atomic E-state index is 14.4. The summed E-state index contributed by atoms with van der Waals surface area (Å²) in [6, 6.07) is 10.6. The highest BCUT2D eigenvalue weighted by Crippen LogP contribution is 2.27. The van der Waals surface area contributed by atoms with Crippen molar-refractivity contribution in [3.05, 3.63) is 71.3 Å². The molecular weight excluding hydrogens is 461 g/mol. The summed E-state index contributed by atoms with van der Waals surface area (Å²) in [5, 5.41) is 0. The van der Waals surface area contributed by atoms with E-state index in [4.69, 9.17) is 0 Å². The molecule has 1 saturated heterocycles. The molecule has 174 valence electrons. The highest BCUT2D eigenvalue weighted by molar-refractivity contribution is 7.89. The van der Waals surface area contributed by atoms with Crippen molar-refractivity contribution in [1.82, 2.24) is 8.87 Å². The molecule has 1 aliphatic heterocycles. The van der Waals surface area contributed by atoms with Gasteiger partial charge in [-0.05, 0) is 54.7 Å². The molecule has 1 amide bonds. The fourth-order valence-electron chi connectivity index (χ4n) is 4.34. The number of amides is 1. The molecule has 0 aliphatic carbocycles. The fourth-order valence-corrected chi connectivity index (χ4v) is 7.07. The van der Waals surface area contributed by atoms with Crippen molar-refractivity contribution in [2.75, 3.05) is 13.1 Å². The number of hydrogen-bond acceptors (Lipinski definition) is 4. The van der Waals surface area contributed by atoms with Crippen molar-refractivity contribution >= 4 is 37.5 Å². The number of aromatic nitrogens is 1. The van der Waals surface area contributed by atoms with Gasteiger partial charge in [-0.1, -0.05) is 37.3 Å². The van der Waals surface area contributed by atoms with Gasteiger partial charge in [-0.15, -0.1) is 6.58 Å². The van der Waals surface area contributed by atoms with Gasteiger partial charge in [-0.3, -0.25) is 4.79 Å². The number of para-hydroxylation sites is 1. The smallest absolute Gasteiger partial charge is 0.279 e. The second-order valence-electron chi connectivity index (χ2n) is 8.58. The van der Waals surface area contributed by atoms with Crippen LogP contribution in [0.2, 0.25) is 0 Å². The summed E-state index contributed by atoms with van der Waals surface area (Å²) < 4.78 is 44.3. The van der Waals surface area contributed by atoms with Gasteiger partial charge in [-0.2, -0.15) is 9.30 Å². The number of rotatable bonds is 5. The first-order valence-electron chi connectivity index (χ1n) is 10.8. The van der Waals surface area contributed by atoms with Gasteiger partial charge in [0.1, 0.15) is 5.82 Å². The molecule has 0 spiro atoms. The van der Waals surface area contributed by atoms with E-state index in [0.29, 0.717) is 46.5 Å².